The van der Waals surface area contributed by atoms with Gasteiger partial charge in [-0.15, -0.1) is 0 Å². The molecule has 0 unspecified atom stereocenters. The highest BCUT2D eigenvalue weighted by atomic mass is 16.1. The largest absolute Gasteiger partial charge is 0.328 e. The molecule has 2 aromatic heterocycles. The minimum absolute atomic E-state index is 0.0862. The molecule has 0 amide bonds. The first kappa shape index (κ1) is 11.9. The molecular formula is C18H12N2O. The molecule has 0 aliphatic carbocycles. The second kappa shape index (κ2) is 4.56. The fourth-order valence-electron chi connectivity index (χ4n) is 2.70. The summed E-state index contributed by atoms with van der Waals surface area (Å²) in [7, 11) is 0. The molecule has 100 valence electrons. The summed E-state index contributed by atoms with van der Waals surface area (Å²) in [5, 5.41) is 3.92. The Bertz CT molecular complexity index is 1020. The summed E-state index contributed by atoms with van der Waals surface area (Å²) in [6, 6.07) is 16.3. The predicted octanol–water partition coefficient (Wildman–Crippen LogP) is 3.74. The minimum Gasteiger partial charge on any atom is -0.328 e. The van der Waals surface area contributed by atoms with E-state index in [1.54, 1.807) is 24.7 Å². The monoisotopic (exact) mass is 272 g/mol. The number of nitrogens with zero attached hydrogens (tertiary/aromatic N) is 1. The molecule has 4 rings (SSSR count). The van der Waals surface area contributed by atoms with Gasteiger partial charge in [0.1, 0.15) is 0 Å². The Morgan fingerprint density at radius 1 is 0.905 bits per heavy atom. The number of H-pyrrole nitrogens is 1. The normalized spacial score (nSPS) is 11.0. The maximum Gasteiger partial charge on any atom is 0.255 e. The van der Waals surface area contributed by atoms with E-state index >= 15 is 0 Å². The van der Waals surface area contributed by atoms with Gasteiger partial charge in [0.05, 0.1) is 5.39 Å². The van der Waals surface area contributed by atoms with Crippen molar-refractivity contribution >= 4 is 21.5 Å². The van der Waals surface area contributed by atoms with Crippen molar-refractivity contribution < 1.29 is 0 Å². The molecule has 0 atom stereocenters. The van der Waals surface area contributed by atoms with E-state index in [2.05, 4.69) is 40.3 Å². The van der Waals surface area contributed by atoms with Crippen molar-refractivity contribution in [1.82, 2.24) is 9.97 Å². The van der Waals surface area contributed by atoms with Crippen LogP contribution in [0.2, 0.25) is 0 Å². The van der Waals surface area contributed by atoms with Crippen LogP contribution in [0.15, 0.2) is 71.9 Å². The molecule has 0 aliphatic rings. The highest BCUT2D eigenvalue weighted by Crippen LogP contribution is 2.28. The van der Waals surface area contributed by atoms with Gasteiger partial charge in [0.2, 0.25) is 0 Å². The van der Waals surface area contributed by atoms with Crippen LogP contribution in [0.25, 0.3) is 32.7 Å². The predicted molar refractivity (Wildman–Crippen MR) is 85.3 cm³/mol. The fraction of sp³-hybridized carbons (Fsp3) is 0. The van der Waals surface area contributed by atoms with Crippen LogP contribution in [-0.4, -0.2) is 9.97 Å². The van der Waals surface area contributed by atoms with E-state index in [1.807, 2.05) is 12.1 Å². The molecule has 1 N–H and O–H groups in total. The van der Waals surface area contributed by atoms with E-state index in [0.717, 1.165) is 16.5 Å². The molecule has 0 bridgehead atoms. The van der Waals surface area contributed by atoms with Crippen LogP contribution in [0.3, 0.4) is 0 Å². The van der Waals surface area contributed by atoms with Crippen LogP contribution in [-0.2, 0) is 0 Å². The summed E-state index contributed by atoms with van der Waals surface area (Å²) >= 11 is 0. The number of aromatic nitrogens is 2. The van der Waals surface area contributed by atoms with E-state index < -0.39 is 0 Å². The van der Waals surface area contributed by atoms with Gasteiger partial charge in [0.25, 0.3) is 5.56 Å². The third-order valence-corrected chi connectivity index (χ3v) is 3.76. The molecule has 2 aromatic carbocycles. The van der Waals surface area contributed by atoms with Gasteiger partial charge in [-0.3, -0.25) is 9.78 Å². The van der Waals surface area contributed by atoms with Crippen molar-refractivity contribution in [2.45, 2.75) is 0 Å². The number of benzene rings is 2. The smallest absolute Gasteiger partial charge is 0.255 e. The average molecular weight is 272 g/mol. The fourth-order valence-corrected chi connectivity index (χ4v) is 2.70. The van der Waals surface area contributed by atoms with Crippen molar-refractivity contribution in [3.8, 4) is 11.1 Å². The van der Waals surface area contributed by atoms with Gasteiger partial charge in [0, 0.05) is 29.5 Å². The lowest BCUT2D eigenvalue weighted by atomic mass is 9.99. The molecule has 3 heteroatoms. The average Bonchev–Trinajstić information content (AvgIpc) is 2.55. The molecule has 0 spiro atoms. The first-order chi connectivity index (χ1) is 10.3. The van der Waals surface area contributed by atoms with Gasteiger partial charge in [-0.25, -0.2) is 0 Å². The van der Waals surface area contributed by atoms with Crippen molar-refractivity contribution in [2.24, 2.45) is 0 Å². The summed E-state index contributed by atoms with van der Waals surface area (Å²) in [5.74, 6) is 0. The molecule has 0 radical (unpaired) electrons. The van der Waals surface area contributed by atoms with Gasteiger partial charge in [-0.2, -0.15) is 0 Å². The lowest BCUT2D eigenvalue weighted by Crippen LogP contribution is -2.05. The Labute approximate surface area is 120 Å². The molecule has 4 aromatic rings. The van der Waals surface area contributed by atoms with Gasteiger partial charge in [0.15, 0.2) is 0 Å². The zero-order valence-corrected chi connectivity index (χ0v) is 11.2. The first-order valence-corrected chi connectivity index (χ1v) is 6.77. The molecular weight excluding hydrogens is 260 g/mol. The maximum absolute atomic E-state index is 11.9. The Morgan fingerprint density at radius 2 is 1.76 bits per heavy atom. The highest BCUT2D eigenvalue weighted by molar-refractivity contribution is 5.97. The van der Waals surface area contributed by atoms with Crippen LogP contribution < -0.4 is 5.56 Å². The van der Waals surface area contributed by atoms with Crippen LogP contribution in [0.4, 0.5) is 0 Å². The van der Waals surface area contributed by atoms with Gasteiger partial charge in [-0.05, 0) is 28.5 Å². The van der Waals surface area contributed by atoms with Crippen LogP contribution >= 0.6 is 0 Å². The third-order valence-electron chi connectivity index (χ3n) is 3.76. The molecule has 0 aliphatic heterocycles. The van der Waals surface area contributed by atoms with Gasteiger partial charge in [-0.1, -0.05) is 36.4 Å². The summed E-state index contributed by atoms with van der Waals surface area (Å²) in [6.45, 7) is 0. The molecule has 0 saturated heterocycles. The Hall–Kier alpha value is -2.94. The van der Waals surface area contributed by atoms with E-state index in [4.69, 9.17) is 0 Å². The van der Waals surface area contributed by atoms with Crippen molar-refractivity contribution in [3.63, 3.8) is 0 Å². The van der Waals surface area contributed by atoms with E-state index in [1.165, 1.54) is 10.8 Å². The van der Waals surface area contributed by atoms with Gasteiger partial charge >= 0.3 is 0 Å². The molecule has 2 heterocycles. The quantitative estimate of drug-likeness (QED) is 0.573. The van der Waals surface area contributed by atoms with Crippen LogP contribution in [0.5, 0.6) is 0 Å². The summed E-state index contributed by atoms with van der Waals surface area (Å²) < 4.78 is 0. The first-order valence-electron chi connectivity index (χ1n) is 6.77. The van der Waals surface area contributed by atoms with Gasteiger partial charge < -0.3 is 4.98 Å². The SMILES string of the molecule is O=c1[nH]cc(-c2ccc3ccccc3c2)c2cnccc12. The zero-order valence-electron chi connectivity index (χ0n) is 11.2. The Kier molecular flexibility index (Phi) is 2.57. The van der Waals surface area contributed by atoms with E-state index in [0.29, 0.717) is 5.39 Å². The number of rotatable bonds is 1. The minimum atomic E-state index is -0.0862. The van der Waals surface area contributed by atoms with E-state index in [9.17, 15) is 4.79 Å². The molecule has 3 nitrogen and oxygen atoms in total. The number of hydrogen-bond donors (Lipinski definition) is 1. The molecule has 0 saturated carbocycles. The maximum atomic E-state index is 11.9. The standard InChI is InChI=1S/C18H12N2O/c21-18-15-7-8-19-10-17(15)16(11-20-18)14-6-5-12-3-1-2-4-13(12)9-14/h1-11H,(H,20,21). The second-order valence-electron chi connectivity index (χ2n) is 5.01. The second-order valence-corrected chi connectivity index (χ2v) is 5.01. The van der Waals surface area contributed by atoms with Crippen LogP contribution in [0.1, 0.15) is 0 Å². The Balaban J connectivity index is 2.04. The molecule has 21 heavy (non-hydrogen) atoms. The number of aromatic amines is 1. The number of hydrogen-bond acceptors (Lipinski definition) is 2. The zero-order chi connectivity index (χ0) is 14.2. The number of pyridine rings is 2. The lowest BCUT2D eigenvalue weighted by molar-refractivity contribution is 1.26. The van der Waals surface area contributed by atoms with Crippen LogP contribution in [0, 0.1) is 0 Å². The highest BCUT2D eigenvalue weighted by Gasteiger charge is 2.07. The topological polar surface area (TPSA) is 45.8 Å². The number of fused-ring (bicyclic) bond motifs is 2. The number of nitrogens with one attached hydrogen (secondary N) is 1. The van der Waals surface area contributed by atoms with E-state index in [-0.39, 0.29) is 5.56 Å². The molecule has 0 fully saturated rings. The van der Waals surface area contributed by atoms with Crippen molar-refractivity contribution in [2.75, 3.05) is 0 Å². The third kappa shape index (κ3) is 1.91. The van der Waals surface area contributed by atoms with Crippen molar-refractivity contribution in [3.05, 3.63) is 77.5 Å². The summed E-state index contributed by atoms with van der Waals surface area (Å²) in [5.41, 5.74) is 1.98. The Morgan fingerprint density at radius 3 is 2.67 bits per heavy atom. The summed E-state index contributed by atoms with van der Waals surface area (Å²) in [6.07, 6.45) is 5.15. The lowest BCUT2D eigenvalue weighted by Gasteiger charge is -2.07. The summed E-state index contributed by atoms with van der Waals surface area (Å²) in [4.78, 5) is 18.8. The van der Waals surface area contributed by atoms with Crippen molar-refractivity contribution in [1.29, 1.82) is 0 Å².